The quantitative estimate of drug-likeness (QED) is 0.203. The smallest absolute Gasteiger partial charge is 0.344 e. The molecule has 0 fully saturated rings. The van der Waals surface area contributed by atoms with E-state index in [1.807, 2.05) is 19.1 Å². The summed E-state index contributed by atoms with van der Waals surface area (Å²) in [5.41, 5.74) is 6.64. The first-order chi connectivity index (χ1) is 15.9. The van der Waals surface area contributed by atoms with Crippen LogP contribution in [0.5, 0.6) is 0 Å². The van der Waals surface area contributed by atoms with Gasteiger partial charge in [0, 0.05) is 28.0 Å². The number of carbonyl (C=O) groups excluding carboxylic acids is 1. The summed E-state index contributed by atoms with van der Waals surface area (Å²) in [4.78, 5) is 14.1. The van der Waals surface area contributed by atoms with Gasteiger partial charge in [0.2, 0.25) is 0 Å². The molecular formula is C28H27Br2NO2. The van der Waals surface area contributed by atoms with Crippen molar-refractivity contribution in [3.8, 4) is 0 Å². The number of hydrogen-bond donors (Lipinski definition) is 0. The van der Waals surface area contributed by atoms with E-state index in [1.165, 1.54) is 12.7 Å². The molecule has 3 nitrogen and oxygen atoms in total. The summed E-state index contributed by atoms with van der Waals surface area (Å²) < 4.78 is 6.38. The normalized spacial score (nSPS) is 12.5. The number of benzene rings is 3. The van der Waals surface area contributed by atoms with Crippen LogP contribution in [0.3, 0.4) is 0 Å². The number of para-hydroxylation sites is 2. The van der Waals surface area contributed by atoms with E-state index in [-0.39, 0.29) is 5.97 Å². The lowest BCUT2D eigenvalue weighted by Crippen LogP contribution is -2.19. The Balaban J connectivity index is 1.95. The van der Waals surface area contributed by atoms with Crippen molar-refractivity contribution in [1.29, 1.82) is 0 Å². The Bertz CT molecular complexity index is 1110. The van der Waals surface area contributed by atoms with Crippen LogP contribution in [0.15, 0.2) is 105 Å². The van der Waals surface area contributed by atoms with Crippen molar-refractivity contribution < 1.29 is 9.53 Å². The Morgan fingerprint density at radius 2 is 1.30 bits per heavy atom. The average Bonchev–Trinajstić information content (AvgIpc) is 2.84. The molecule has 0 amide bonds. The fraction of sp³-hybridized carbons (Fsp3) is 0.179. The first kappa shape index (κ1) is 25.0. The third kappa shape index (κ3) is 6.68. The standard InChI is InChI=1S/C28H27Br2NO2/c1-20(27(30)28(32)33-3)17-22-11-10-12-23(18-22)19-26(21(2)29)31(24-13-6-4-7-14-24)25-15-8-5-9-16-25/h4-16,18H,17,19H2,1-3H3/b26-21-,27-20+. The molecule has 3 aromatic rings. The van der Waals surface area contributed by atoms with E-state index in [2.05, 4.69) is 116 Å². The van der Waals surface area contributed by atoms with E-state index in [0.29, 0.717) is 10.9 Å². The number of methoxy groups -OCH3 is 1. The van der Waals surface area contributed by atoms with Crippen LogP contribution in [-0.2, 0) is 22.4 Å². The van der Waals surface area contributed by atoms with Gasteiger partial charge in [0.05, 0.1) is 7.11 Å². The van der Waals surface area contributed by atoms with Gasteiger partial charge in [-0.05, 0) is 77.2 Å². The molecule has 0 radical (unpaired) electrons. The predicted molar refractivity (Wildman–Crippen MR) is 144 cm³/mol. The Labute approximate surface area is 213 Å². The molecule has 0 aliphatic rings. The highest BCUT2D eigenvalue weighted by molar-refractivity contribution is 9.12. The number of nitrogens with zero attached hydrogens (tertiary/aromatic N) is 1. The molecule has 0 spiro atoms. The lowest BCUT2D eigenvalue weighted by molar-refractivity contribution is -0.135. The molecule has 0 aromatic heterocycles. The molecule has 0 atom stereocenters. The average molecular weight is 569 g/mol. The zero-order valence-corrected chi connectivity index (χ0v) is 22.2. The number of halogens is 2. The summed E-state index contributed by atoms with van der Waals surface area (Å²) in [5, 5.41) is 0. The SMILES string of the molecule is COC(=O)/C(Br)=C(/C)Cc1cccc(C/C(=C(\C)Br)N(c2ccccc2)c2ccccc2)c1. The van der Waals surface area contributed by atoms with E-state index < -0.39 is 0 Å². The first-order valence-electron chi connectivity index (χ1n) is 10.7. The Kier molecular flexibility index (Phi) is 9.10. The van der Waals surface area contributed by atoms with Gasteiger partial charge in [0.15, 0.2) is 0 Å². The lowest BCUT2D eigenvalue weighted by atomic mass is 10.0. The highest BCUT2D eigenvalue weighted by atomic mass is 79.9. The zero-order chi connectivity index (χ0) is 23.8. The third-order valence-electron chi connectivity index (χ3n) is 5.27. The molecule has 3 aromatic carbocycles. The number of allylic oxidation sites excluding steroid dienone is 3. The highest BCUT2D eigenvalue weighted by Crippen LogP contribution is 2.34. The molecular weight excluding hydrogens is 542 g/mol. The van der Waals surface area contributed by atoms with Crippen LogP contribution >= 0.6 is 31.9 Å². The van der Waals surface area contributed by atoms with Gasteiger partial charge in [-0.3, -0.25) is 0 Å². The van der Waals surface area contributed by atoms with Crippen LogP contribution in [0, 0.1) is 0 Å². The number of hydrogen-bond acceptors (Lipinski definition) is 3. The van der Waals surface area contributed by atoms with E-state index in [9.17, 15) is 4.79 Å². The molecule has 5 heteroatoms. The minimum absolute atomic E-state index is 0.356. The summed E-state index contributed by atoms with van der Waals surface area (Å²) in [6, 6.07) is 29.3. The summed E-state index contributed by atoms with van der Waals surface area (Å²) in [6.45, 7) is 4.02. The van der Waals surface area contributed by atoms with Gasteiger partial charge in [-0.15, -0.1) is 0 Å². The summed E-state index contributed by atoms with van der Waals surface area (Å²) in [5.74, 6) is -0.356. The summed E-state index contributed by atoms with van der Waals surface area (Å²) in [7, 11) is 1.39. The van der Waals surface area contributed by atoms with Gasteiger partial charge >= 0.3 is 5.97 Å². The monoisotopic (exact) mass is 567 g/mol. The zero-order valence-electron chi connectivity index (χ0n) is 19.0. The molecule has 170 valence electrons. The third-order valence-corrected chi connectivity index (χ3v) is 6.73. The van der Waals surface area contributed by atoms with Gasteiger partial charge < -0.3 is 9.64 Å². The van der Waals surface area contributed by atoms with E-state index in [4.69, 9.17) is 4.74 Å². The van der Waals surface area contributed by atoms with E-state index >= 15 is 0 Å². The van der Waals surface area contributed by atoms with Gasteiger partial charge in [0.25, 0.3) is 0 Å². The highest BCUT2D eigenvalue weighted by Gasteiger charge is 2.17. The van der Waals surface area contributed by atoms with Crippen LogP contribution in [0.1, 0.15) is 25.0 Å². The number of esters is 1. The van der Waals surface area contributed by atoms with Crippen LogP contribution in [0.25, 0.3) is 0 Å². The topological polar surface area (TPSA) is 29.5 Å². The maximum atomic E-state index is 11.8. The van der Waals surface area contributed by atoms with Crippen LogP contribution in [-0.4, -0.2) is 13.1 Å². The molecule has 33 heavy (non-hydrogen) atoms. The van der Waals surface area contributed by atoms with Crippen LogP contribution in [0.4, 0.5) is 11.4 Å². The number of ether oxygens (including phenoxy) is 1. The predicted octanol–water partition coefficient (Wildman–Crippen LogP) is 8.08. The van der Waals surface area contributed by atoms with Crippen molar-refractivity contribution in [1.82, 2.24) is 0 Å². The molecule has 0 aliphatic heterocycles. The molecule has 0 bridgehead atoms. The van der Waals surface area contributed by atoms with Crippen LogP contribution < -0.4 is 4.90 Å². The minimum atomic E-state index is -0.356. The number of carbonyl (C=O) groups is 1. The van der Waals surface area contributed by atoms with E-state index in [1.54, 1.807) is 0 Å². The molecule has 0 saturated carbocycles. The second-order valence-corrected chi connectivity index (χ2v) is 9.73. The van der Waals surface area contributed by atoms with Gasteiger partial charge in [-0.1, -0.05) is 76.6 Å². The largest absolute Gasteiger partial charge is 0.465 e. The molecule has 0 N–H and O–H groups in total. The molecule has 0 saturated heterocycles. The first-order valence-corrected chi connectivity index (χ1v) is 12.3. The fourth-order valence-corrected chi connectivity index (χ4v) is 4.28. The van der Waals surface area contributed by atoms with Crippen molar-refractivity contribution in [3.63, 3.8) is 0 Å². The van der Waals surface area contributed by atoms with Crippen molar-refractivity contribution in [3.05, 3.63) is 116 Å². The van der Waals surface area contributed by atoms with Gasteiger partial charge in [0.1, 0.15) is 4.48 Å². The second kappa shape index (κ2) is 12.0. The molecule has 0 unspecified atom stereocenters. The number of anilines is 2. The van der Waals surface area contributed by atoms with Gasteiger partial charge in [-0.25, -0.2) is 4.79 Å². The Hall–Kier alpha value is -2.63. The fourth-order valence-electron chi connectivity index (χ4n) is 3.66. The molecule has 3 rings (SSSR count). The summed E-state index contributed by atoms with van der Waals surface area (Å²) >= 11 is 7.13. The van der Waals surface area contributed by atoms with Gasteiger partial charge in [-0.2, -0.15) is 0 Å². The van der Waals surface area contributed by atoms with Crippen molar-refractivity contribution >= 4 is 49.2 Å². The van der Waals surface area contributed by atoms with Crippen molar-refractivity contribution in [2.24, 2.45) is 0 Å². The van der Waals surface area contributed by atoms with E-state index in [0.717, 1.165) is 39.1 Å². The Morgan fingerprint density at radius 1 is 0.788 bits per heavy atom. The Morgan fingerprint density at radius 3 is 1.79 bits per heavy atom. The maximum Gasteiger partial charge on any atom is 0.344 e. The summed E-state index contributed by atoms with van der Waals surface area (Å²) in [6.07, 6.45) is 1.41. The molecule has 0 aliphatic carbocycles. The van der Waals surface area contributed by atoms with Crippen LogP contribution in [0.2, 0.25) is 0 Å². The lowest BCUT2D eigenvalue weighted by Gasteiger charge is -2.29. The van der Waals surface area contributed by atoms with Crippen molar-refractivity contribution in [2.75, 3.05) is 12.0 Å². The minimum Gasteiger partial charge on any atom is -0.465 e. The molecule has 0 heterocycles. The number of rotatable bonds is 8. The van der Waals surface area contributed by atoms with Crippen molar-refractivity contribution in [2.45, 2.75) is 26.7 Å². The second-order valence-electron chi connectivity index (χ2n) is 7.75. The maximum absolute atomic E-state index is 11.8.